The Morgan fingerprint density at radius 2 is 2.06 bits per heavy atom. The van der Waals surface area contributed by atoms with Crippen molar-refractivity contribution in [2.45, 2.75) is 52.2 Å². The van der Waals surface area contributed by atoms with Gasteiger partial charge in [-0.2, -0.15) is 0 Å². The van der Waals surface area contributed by atoms with Gasteiger partial charge in [0.25, 0.3) is 0 Å². The van der Waals surface area contributed by atoms with Gasteiger partial charge in [-0.15, -0.1) is 0 Å². The van der Waals surface area contributed by atoms with Gasteiger partial charge in [-0.3, -0.25) is 0 Å². The first-order chi connectivity index (χ1) is 8.43. The Hall–Kier alpha value is -0.800. The lowest BCUT2D eigenvalue weighted by Gasteiger charge is -2.52. The second-order valence-corrected chi connectivity index (χ2v) is 6.52. The maximum atomic E-state index is 10.6. The number of aliphatic hydroxyl groups is 2. The molecule has 2 aliphatic rings. The van der Waals surface area contributed by atoms with E-state index in [9.17, 15) is 10.2 Å². The summed E-state index contributed by atoms with van der Waals surface area (Å²) in [5, 5.41) is 20.5. The molecule has 0 amide bonds. The maximum Gasteiger partial charge on any atom is 0.136 e. The fourth-order valence-electron chi connectivity index (χ4n) is 4.02. The van der Waals surface area contributed by atoms with E-state index in [2.05, 4.69) is 13.8 Å². The van der Waals surface area contributed by atoms with Crippen LogP contribution in [-0.4, -0.2) is 16.3 Å². The number of aliphatic hydroxyl groups excluding tert-OH is 2. The predicted octanol–water partition coefficient (Wildman–Crippen LogP) is 2.59. The normalized spacial score (nSPS) is 43.4. The van der Waals surface area contributed by atoms with Gasteiger partial charge in [0.05, 0.1) is 12.4 Å². The zero-order valence-electron chi connectivity index (χ0n) is 11.3. The summed E-state index contributed by atoms with van der Waals surface area (Å²) >= 11 is 0. The molecule has 1 heterocycles. The molecule has 0 aliphatic heterocycles. The highest BCUT2D eigenvalue weighted by Crippen LogP contribution is 2.56. The highest BCUT2D eigenvalue weighted by molar-refractivity contribution is 5.33. The van der Waals surface area contributed by atoms with E-state index >= 15 is 0 Å². The van der Waals surface area contributed by atoms with Crippen LogP contribution < -0.4 is 0 Å². The zero-order valence-corrected chi connectivity index (χ0v) is 11.3. The van der Waals surface area contributed by atoms with E-state index in [1.807, 2.05) is 6.92 Å². The Balaban J connectivity index is 2.07. The summed E-state index contributed by atoms with van der Waals surface area (Å²) in [4.78, 5) is 0. The lowest BCUT2D eigenvalue weighted by molar-refractivity contribution is -0.0966. The van der Waals surface area contributed by atoms with E-state index < -0.39 is 6.10 Å². The Bertz CT molecular complexity index is 464. The minimum Gasteiger partial charge on any atom is -0.466 e. The standard InChI is InChI=1S/C15H22O3/c1-8-7-18-14-11(8)6-15(3)9(2)4-10(16)5-12(15)13(14)17/h7,9-10,12-13,16-17H,4-6H2,1-3H3/t9-,10-,12+,13-,15+/m0/s1. The molecule has 0 radical (unpaired) electrons. The van der Waals surface area contributed by atoms with Gasteiger partial charge in [0.2, 0.25) is 0 Å². The van der Waals surface area contributed by atoms with Crippen molar-refractivity contribution >= 4 is 0 Å². The van der Waals surface area contributed by atoms with Gasteiger partial charge < -0.3 is 14.6 Å². The molecule has 1 aromatic heterocycles. The second-order valence-electron chi connectivity index (χ2n) is 6.52. The molecular formula is C15H22O3. The molecule has 5 atom stereocenters. The number of rotatable bonds is 0. The van der Waals surface area contributed by atoms with Crippen molar-refractivity contribution in [1.82, 2.24) is 0 Å². The van der Waals surface area contributed by atoms with E-state index in [1.165, 1.54) is 5.56 Å². The van der Waals surface area contributed by atoms with Crippen LogP contribution in [0.3, 0.4) is 0 Å². The molecule has 1 saturated carbocycles. The molecule has 0 aromatic carbocycles. The van der Waals surface area contributed by atoms with Crippen LogP contribution in [0, 0.1) is 24.2 Å². The average molecular weight is 250 g/mol. The first-order valence-corrected chi connectivity index (χ1v) is 6.86. The van der Waals surface area contributed by atoms with E-state index in [-0.39, 0.29) is 17.4 Å². The van der Waals surface area contributed by atoms with Crippen LogP contribution >= 0.6 is 0 Å². The number of furan rings is 1. The maximum absolute atomic E-state index is 10.6. The number of hydrogen-bond donors (Lipinski definition) is 2. The van der Waals surface area contributed by atoms with Gasteiger partial charge in [-0.1, -0.05) is 13.8 Å². The summed E-state index contributed by atoms with van der Waals surface area (Å²) in [6.07, 6.45) is 3.37. The molecular weight excluding hydrogens is 228 g/mol. The van der Waals surface area contributed by atoms with Crippen LogP contribution in [0.5, 0.6) is 0 Å². The summed E-state index contributed by atoms with van der Waals surface area (Å²) in [7, 11) is 0. The fourth-order valence-corrected chi connectivity index (χ4v) is 4.02. The highest BCUT2D eigenvalue weighted by Gasteiger charge is 2.52. The molecule has 0 bridgehead atoms. The number of hydrogen-bond acceptors (Lipinski definition) is 3. The average Bonchev–Trinajstić information content (AvgIpc) is 2.65. The molecule has 3 nitrogen and oxygen atoms in total. The largest absolute Gasteiger partial charge is 0.466 e. The molecule has 2 N–H and O–H groups in total. The van der Waals surface area contributed by atoms with Gasteiger partial charge in [0.1, 0.15) is 11.9 Å². The third-order valence-electron chi connectivity index (χ3n) is 5.47. The van der Waals surface area contributed by atoms with Crippen LogP contribution in [-0.2, 0) is 6.42 Å². The molecule has 1 fully saturated rings. The molecule has 0 spiro atoms. The summed E-state index contributed by atoms with van der Waals surface area (Å²) in [5.41, 5.74) is 2.40. The molecule has 18 heavy (non-hydrogen) atoms. The van der Waals surface area contributed by atoms with Crippen LogP contribution in [0.4, 0.5) is 0 Å². The summed E-state index contributed by atoms with van der Waals surface area (Å²) < 4.78 is 5.53. The third-order valence-corrected chi connectivity index (χ3v) is 5.47. The SMILES string of the molecule is Cc1coc2c1C[C@@]1(C)[C@H](C[C@@H](O)C[C@@H]1C)[C@@H]2O. The molecule has 0 saturated heterocycles. The Labute approximate surface area is 108 Å². The van der Waals surface area contributed by atoms with Gasteiger partial charge in [-0.25, -0.2) is 0 Å². The molecule has 3 rings (SSSR count). The van der Waals surface area contributed by atoms with Crippen molar-refractivity contribution in [3.8, 4) is 0 Å². The van der Waals surface area contributed by atoms with E-state index in [4.69, 9.17) is 4.42 Å². The molecule has 2 aliphatic carbocycles. The van der Waals surface area contributed by atoms with Crippen LogP contribution in [0.1, 0.15) is 49.7 Å². The quantitative estimate of drug-likeness (QED) is 0.744. The zero-order chi connectivity index (χ0) is 13.1. The predicted molar refractivity (Wildman–Crippen MR) is 68.1 cm³/mol. The van der Waals surface area contributed by atoms with Crippen LogP contribution in [0.25, 0.3) is 0 Å². The number of fused-ring (bicyclic) bond motifs is 2. The Morgan fingerprint density at radius 1 is 1.33 bits per heavy atom. The topological polar surface area (TPSA) is 53.6 Å². The minimum absolute atomic E-state index is 0.0697. The van der Waals surface area contributed by atoms with Crippen LogP contribution in [0.15, 0.2) is 10.7 Å². The third kappa shape index (κ3) is 1.50. The van der Waals surface area contributed by atoms with E-state index in [0.717, 1.165) is 24.2 Å². The lowest BCUT2D eigenvalue weighted by Crippen LogP contribution is -2.48. The fraction of sp³-hybridized carbons (Fsp3) is 0.733. The monoisotopic (exact) mass is 250 g/mol. The smallest absolute Gasteiger partial charge is 0.136 e. The summed E-state index contributed by atoms with van der Waals surface area (Å²) in [6, 6.07) is 0. The van der Waals surface area contributed by atoms with Crippen LogP contribution in [0.2, 0.25) is 0 Å². The molecule has 0 unspecified atom stereocenters. The Morgan fingerprint density at radius 3 is 2.78 bits per heavy atom. The van der Waals surface area contributed by atoms with Gasteiger partial charge in [-0.05, 0) is 48.6 Å². The van der Waals surface area contributed by atoms with Crippen molar-refractivity contribution in [2.24, 2.45) is 17.3 Å². The summed E-state index contributed by atoms with van der Waals surface area (Å²) in [5.74, 6) is 1.26. The van der Waals surface area contributed by atoms with Crippen molar-refractivity contribution < 1.29 is 14.6 Å². The van der Waals surface area contributed by atoms with E-state index in [0.29, 0.717) is 12.3 Å². The first kappa shape index (κ1) is 12.2. The minimum atomic E-state index is -0.565. The lowest BCUT2D eigenvalue weighted by atomic mass is 9.54. The van der Waals surface area contributed by atoms with Crippen molar-refractivity contribution in [3.05, 3.63) is 23.2 Å². The van der Waals surface area contributed by atoms with Gasteiger partial charge >= 0.3 is 0 Å². The van der Waals surface area contributed by atoms with Crippen molar-refractivity contribution in [3.63, 3.8) is 0 Å². The first-order valence-electron chi connectivity index (χ1n) is 6.86. The van der Waals surface area contributed by atoms with Gasteiger partial charge in [0.15, 0.2) is 0 Å². The van der Waals surface area contributed by atoms with Crippen molar-refractivity contribution in [1.29, 1.82) is 0 Å². The second kappa shape index (κ2) is 3.84. The number of aryl methyl sites for hydroxylation is 1. The summed E-state index contributed by atoms with van der Waals surface area (Å²) in [6.45, 7) is 6.50. The molecule has 100 valence electrons. The molecule has 1 aromatic rings. The Kier molecular flexibility index (Phi) is 2.62. The van der Waals surface area contributed by atoms with E-state index in [1.54, 1.807) is 6.26 Å². The molecule has 3 heteroatoms. The highest BCUT2D eigenvalue weighted by atomic mass is 16.4. The van der Waals surface area contributed by atoms with Crippen molar-refractivity contribution in [2.75, 3.05) is 0 Å². The van der Waals surface area contributed by atoms with Gasteiger partial charge in [0, 0.05) is 5.92 Å².